The summed E-state index contributed by atoms with van der Waals surface area (Å²) in [5.74, 6) is -1.05. The number of amides is 1. The molecule has 132 valence electrons. The molecule has 1 heterocycles. The summed E-state index contributed by atoms with van der Waals surface area (Å²) in [6.45, 7) is 10.4. The van der Waals surface area contributed by atoms with Crippen molar-refractivity contribution in [3.05, 3.63) is 0 Å². The van der Waals surface area contributed by atoms with Gasteiger partial charge in [-0.25, -0.2) is 9.59 Å². The number of likely N-dealkylation sites (tertiary alicyclic amines) is 1. The van der Waals surface area contributed by atoms with Crippen LogP contribution in [0, 0.1) is 5.41 Å². The van der Waals surface area contributed by atoms with Gasteiger partial charge >= 0.3 is 18.0 Å². The molecule has 1 saturated heterocycles. The fourth-order valence-corrected chi connectivity index (χ4v) is 2.00. The second-order valence-electron chi connectivity index (χ2n) is 7.59. The Labute approximate surface area is 137 Å². The van der Waals surface area contributed by atoms with E-state index in [1.165, 1.54) is 4.90 Å². The minimum atomic E-state index is -0.696. The van der Waals surface area contributed by atoms with Crippen LogP contribution in [-0.4, -0.2) is 47.9 Å². The minimum absolute atomic E-state index is 0.441. The lowest BCUT2D eigenvalue weighted by atomic mass is 9.98. The van der Waals surface area contributed by atoms with Crippen molar-refractivity contribution in [3.8, 4) is 0 Å². The molecular weight excluding hydrogens is 302 g/mol. The molecule has 0 aromatic rings. The fraction of sp³-hybridized carbons (Fsp3) is 0.812. The second-order valence-corrected chi connectivity index (χ2v) is 7.59. The molecule has 0 spiro atoms. The van der Waals surface area contributed by atoms with Crippen molar-refractivity contribution in [2.45, 2.75) is 66.0 Å². The molecule has 1 amide bonds. The average Bonchev–Trinajstić information content (AvgIpc) is 2.84. The summed E-state index contributed by atoms with van der Waals surface area (Å²) in [6.07, 6.45) is 0.662. The molecule has 0 radical (unpaired) electrons. The number of rotatable bonds is 3. The van der Waals surface area contributed by atoms with Crippen molar-refractivity contribution >= 4 is 18.0 Å². The van der Waals surface area contributed by atoms with Gasteiger partial charge in [0.1, 0.15) is 11.6 Å². The Kier molecular flexibility index (Phi) is 6.02. The summed E-state index contributed by atoms with van der Waals surface area (Å²) >= 11 is 0. The first kappa shape index (κ1) is 19.3. The van der Waals surface area contributed by atoms with Crippen molar-refractivity contribution in [2.75, 3.05) is 13.3 Å². The minimum Gasteiger partial charge on any atom is -0.444 e. The number of esters is 2. The Bertz CT molecular complexity index is 460. The van der Waals surface area contributed by atoms with Crippen molar-refractivity contribution in [1.29, 1.82) is 0 Å². The first-order valence-corrected chi connectivity index (χ1v) is 7.75. The highest BCUT2D eigenvalue weighted by molar-refractivity contribution is 5.82. The van der Waals surface area contributed by atoms with Crippen LogP contribution in [0.2, 0.25) is 0 Å². The van der Waals surface area contributed by atoms with Gasteiger partial charge in [-0.1, -0.05) is 0 Å². The zero-order valence-corrected chi connectivity index (χ0v) is 14.8. The van der Waals surface area contributed by atoms with Crippen molar-refractivity contribution < 1.29 is 28.6 Å². The highest BCUT2D eigenvalue weighted by Gasteiger charge is 2.37. The molecule has 0 aromatic carbocycles. The average molecular weight is 329 g/mol. The van der Waals surface area contributed by atoms with Gasteiger partial charge in [-0.2, -0.15) is 0 Å². The van der Waals surface area contributed by atoms with E-state index >= 15 is 0 Å². The van der Waals surface area contributed by atoms with Gasteiger partial charge in [0.05, 0.1) is 5.41 Å². The van der Waals surface area contributed by atoms with Gasteiger partial charge in [-0.15, -0.1) is 0 Å². The molecule has 1 rings (SSSR count). The Morgan fingerprint density at radius 1 is 1.04 bits per heavy atom. The lowest BCUT2D eigenvalue weighted by Crippen LogP contribution is -2.44. The van der Waals surface area contributed by atoms with E-state index in [9.17, 15) is 14.4 Å². The molecule has 0 N–H and O–H groups in total. The molecule has 7 nitrogen and oxygen atoms in total. The zero-order chi connectivity index (χ0) is 17.8. The van der Waals surface area contributed by atoms with Crippen LogP contribution >= 0.6 is 0 Å². The maximum atomic E-state index is 12.1. The molecule has 1 fully saturated rings. The molecule has 0 aliphatic carbocycles. The maximum Gasteiger partial charge on any atom is 0.411 e. The number of carbonyl (C=O) groups excluding carboxylic acids is 3. The van der Waals surface area contributed by atoms with Crippen LogP contribution in [0.1, 0.15) is 54.4 Å². The summed E-state index contributed by atoms with van der Waals surface area (Å²) in [4.78, 5) is 37.2. The molecule has 0 unspecified atom stereocenters. The monoisotopic (exact) mass is 329 g/mol. The molecular formula is C16H27NO6. The Morgan fingerprint density at radius 2 is 1.65 bits per heavy atom. The normalized spacial score (nSPS) is 18.5. The summed E-state index contributed by atoms with van der Waals surface area (Å²) < 4.78 is 15.2. The van der Waals surface area contributed by atoms with Gasteiger partial charge < -0.3 is 14.2 Å². The quantitative estimate of drug-likeness (QED) is 0.584. The first-order valence-electron chi connectivity index (χ1n) is 7.75. The molecule has 1 aliphatic rings. The topological polar surface area (TPSA) is 82.1 Å². The molecule has 0 aromatic heterocycles. The van der Waals surface area contributed by atoms with Crippen LogP contribution in [-0.2, 0) is 23.8 Å². The van der Waals surface area contributed by atoms with Gasteiger partial charge in [0, 0.05) is 6.54 Å². The van der Waals surface area contributed by atoms with Crippen molar-refractivity contribution in [2.24, 2.45) is 5.41 Å². The van der Waals surface area contributed by atoms with Gasteiger partial charge in [0.15, 0.2) is 0 Å². The predicted molar refractivity (Wildman–Crippen MR) is 82.5 cm³/mol. The second kappa shape index (κ2) is 7.19. The smallest absolute Gasteiger partial charge is 0.411 e. The first-order chi connectivity index (χ1) is 10.4. The third-order valence-corrected chi connectivity index (χ3v) is 3.16. The van der Waals surface area contributed by atoms with Crippen LogP contribution < -0.4 is 0 Å². The maximum absolute atomic E-state index is 12.1. The zero-order valence-electron chi connectivity index (χ0n) is 14.8. The largest absolute Gasteiger partial charge is 0.444 e. The van der Waals surface area contributed by atoms with Crippen LogP contribution in [0.5, 0.6) is 0 Å². The molecule has 0 bridgehead atoms. The Hall–Kier alpha value is -1.79. The van der Waals surface area contributed by atoms with E-state index in [2.05, 4.69) is 0 Å². The SMILES string of the molecule is CC(C)(C)OC(=O)N1CCC[C@H]1C(=O)OCOC(=O)C(C)(C)C. The van der Waals surface area contributed by atoms with Crippen LogP contribution in [0.4, 0.5) is 4.79 Å². The van der Waals surface area contributed by atoms with Crippen LogP contribution in [0.3, 0.4) is 0 Å². The molecule has 1 atom stereocenters. The third kappa shape index (κ3) is 6.08. The van der Waals surface area contributed by atoms with Gasteiger partial charge in [0.25, 0.3) is 0 Å². The van der Waals surface area contributed by atoms with Gasteiger partial charge in [-0.3, -0.25) is 9.69 Å². The van der Waals surface area contributed by atoms with E-state index in [4.69, 9.17) is 14.2 Å². The summed E-state index contributed by atoms with van der Waals surface area (Å²) in [7, 11) is 0. The summed E-state index contributed by atoms with van der Waals surface area (Å²) in [5.41, 5.74) is -1.29. The molecule has 7 heteroatoms. The number of nitrogens with zero attached hydrogens (tertiary/aromatic N) is 1. The van der Waals surface area contributed by atoms with Crippen molar-refractivity contribution in [3.63, 3.8) is 0 Å². The number of carbonyl (C=O) groups is 3. The fourth-order valence-electron chi connectivity index (χ4n) is 2.00. The van der Waals surface area contributed by atoms with Crippen LogP contribution in [0.15, 0.2) is 0 Å². The molecule has 23 heavy (non-hydrogen) atoms. The summed E-state index contributed by atoms with van der Waals surface area (Å²) in [5, 5.41) is 0. The predicted octanol–water partition coefficient (Wildman–Crippen LogP) is 2.48. The van der Waals surface area contributed by atoms with Gasteiger partial charge in [-0.05, 0) is 54.4 Å². The van der Waals surface area contributed by atoms with E-state index < -0.39 is 41.9 Å². The number of ether oxygens (including phenoxy) is 3. The van der Waals surface area contributed by atoms with Gasteiger partial charge in [0.2, 0.25) is 6.79 Å². The highest BCUT2D eigenvalue weighted by atomic mass is 16.7. The lowest BCUT2D eigenvalue weighted by molar-refractivity contribution is -0.175. The number of hydrogen-bond donors (Lipinski definition) is 0. The van der Waals surface area contributed by atoms with Crippen LogP contribution in [0.25, 0.3) is 0 Å². The standard InChI is InChI=1S/C16H27NO6/c1-15(2,3)13(19)22-10-21-12(18)11-8-7-9-17(11)14(20)23-16(4,5)6/h11H,7-10H2,1-6H3/t11-/m0/s1. The number of hydrogen-bond acceptors (Lipinski definition) is 6. The Balaban J connectivity index is 2.52. The van der Waals surface area contributed by atoms with E-state index in [0.717, 1.165) is 0 Å². The van der Waals surface area contributed by atoms with E-state index in [1.807, 2.05) is 0 Å². The molecule has 1 aliphatic heterocycles. The lowest BCUT2D eigenvalue weighted by Gasteiger charge is -2.27. The third-order valence-electron chi connectivity index (χ3n) is 3.16. The van der Waals surface area contributed by atoms with E-state index in [-0.39, 0.29) is 0 Å². The van der Waals surface area contributed by atoms with E-state index in [1.54, 1.807) is 41.5 Å². The van der Waals surface area contributed by atoms with E-state index in [0.29, 0.717) is 19.4 Å². The highest BCUT2D eigenvalue weighted by Crippen LogP contribution is 2.22. The molecule has 0 saturated carbocycles. The summed E-state index contributed by atoms with van der Waals surface area (Å²) in [6, 6.07) is -0.696. The van der Waals surface area contributed by atoms with Crippen molar-refractivity contribution in [1.82, 2.24) is 4.90 Å². The Morgan fingerprint density at radius 3 is 2.17 bits per heavy atom.